The first-order chi connectivity index (χ1) is 11.7. The van der Waals surface area contributed by atoms with Crippen molar-refractivity contribution in [3.05, 3.63) is 54.3 Å². The molecule has 0 aliphatic carbocycles. The van der Waals surface area contributed by atoms with Crippen LogP contribution in [0.3, 0.4) is 0 Å². The van der Waals surface area contributed by atoms with Crippen molar-refractivity contribution in [1.82, 2.24) is 24.6 Å². The summed E-state index contributed by atoms with van der Waals surface area (Å²) in [6, 6.07) is 3.64. The molecule has 0 saturated carbocycles. The second kappa shape index (κ2) is 7.60. The summed E-state index contributed by atoms with van der Waals surface area (Å²) in [4.78, 5) is 24.6. The van der Waals surface area contributed by atoms with Crippen molar-refractivity contribution >= 4 is 33.5 Å². The van der Waals surface area contributed by atoms with E-state index in [4.69, 9.17) is 0 Å². The molecule has 0 unspecified atom stereocenters. The van der Waals surface area contributed by atoms with Gasteiger partial charge in [0.2, 0.25) is 5.13 Å². The van der Waals surface area contributed by atoms with Crippen molar-refractivity contribution in [2.24, 2.45) is 0 Å². The summed E-state index contributed by atoms with van der Waals surface area (Å²) in [7, 11) is 0. The van der Waals surface area contributed by atoms with Crippen LogP contribution in [0.15, 0.2) is 42.9 Å². The van der Waals surface area contributed by atoms with E-state index in [0.717, 1.165) is 21.9 Å². The summed E-state index contributed by atoms with van der Waals surface area (Å²) in [5.74, 6) is 0.608. The van der Waals surface area contributed by atoms with E-state index in [2.05, 4.69) is 30.0 Å². The Balaban J connectivity index is 1.46. The number of nitrogens with zero attached hydrogens (tertiary/aromatic N) is 4. The Hall–Kier alpha value is -2.87. The van der Waals surface area contributed by atoms with Crippen molar-refractivity contribution in [2.45, 2.75) is 6.92 Å². The van der Waals surface area contributed by atoms with Gasteiger partial charge in [0, 0.05) is 42.4 Å². The molecule has 122 valence electrons. The van der Waals surface area contributed by atoms with Gasteiger partial charge in [-0.05, 0) is 19.1 Å². The fourth-order valence-corrected chi connectivity index (χ4v) is 2.61. The van der Waals surface area contributed by atoms with Gasteiger partial charge in [0.25, 0.3) is 5.91 Å². The van der Waals surface area contributed by atoms with Crippen LogP contribution < -0.4 is 10.6 Å². The average molecular weight is 340 g/mol. The highest BCUT2D eigenvalue weighted by Crippen LogP contribution is 2.11. The number of nitrogens with one attached hydrogen (secondary N) is 2. The van der Waals surface area contributed by atoms with E-state index in [9.17, 15) is 4.79 Å². The number of hydrogen-bond donors (Lipinski definition) is 2. The SMILES string of the molecule is Cc1nsc(NC/C=C/CNC(=O)c2cnc3cnccc3c2)n1. The minimum Gasteiger partial charge on any atom is -0.357 e. The maximum Gasteiger partial charge on any atom is 0.253 e. The number of anilines is 1. The van der Waals surface area contributed by atoms with Gasteiger partial charge in [0.15, 0.2) is 0 Å². The lowest BCUT2D eigenvalue weighted by Gasteiger charge is -2.03. The Bertz CT molecular complexity index is 876. The summed E-state index contributed by atoms with van der Waals surface area (Å²) in [6.45, 7) is 2.93. The number of amides is 1. The molecule has 3 rings (SSSR count). The molecule has 3 aromatic heterocycles. The zero-order chi connectivity index (χ0) is 16.8. The van der Waals surface area contributed by atoms with E-state index in [1.54, 1.807) is 18.6 Å². The van der Waals surface area contributed by atoms with E-state index in [0.29, 0.717) is 18.7 Å². The molecule has 7 nitrogen and oxygen atoms in total. The van der Waals surface area contributed by atoms with E-state index in [-0.39, 0.29) is 5.91 Å². The molecular formula is C16H16N6OS. The van der Waals surface area contributed by atoms with Crippen LogP contribution >= 0.6 is 11.5 Å². The van der Waals surface area contributed by atoms with Gasteiger partial charge in [-0.25, -0.2) is 4.98 Å². The Kier molecular flexibility index (Phi) is 5.07. The van der Waals surface area contributed by atoms with Crippen LogP contribution in [0, 0.1) is 6.92 Å². The number of carbonyl (C=O) groups is 1. The van der Waals surface area contributed by atoms with Crippen LogP contribution in [0.2, 0.25) is 0 Å². The summed E-state index contributed by atoms with van der Waals surface area (Å²) in [6.07, 6.45) is 8.73. The summed E-state index contributed by atoms with van der Waals surface area (Å²) < 4.78 is 4.09. The highest BCUT2D eigenvalue weighted by atomic mass is 32.1. The Morgan fingerprint density at radius 3 is 3.00 bits per heavy atom. The Labute approximate surface area is 143 Å². The van der Waals surface area contributed by atoms with Crippen LogP contribution in [-0.4, -0.2) is 38.3 Å². The lowest BCUT2D eigenvalue weighted by atomic mass is 10.2. The quantitative estimate of drug-likeness (QED) is 0.668. The highest BCUT2D eigenvalue weighted by molar-refractivity contribution is 7.09. The summed E-state index contributed by atoms with van der Waals surface area (Å²) in [5.41, 5.74) is 1.30. The minimum absolute atomic E-state index is 0.154. The second-order valence-corrected chi connectivity index (χ2v) is 5.75. The van der Waals surface area contributed by atoms with Crippen LogP contribution in [0.1, 0.15) is 16.2 Å². The maximum atomic E-state index is 12.1. The summed E-state index contributed by atoms with van der Waals surface area (Å²) >= 11 is 1.33. The molecule has 0 radical (unpaired) electrons. The first kappa shape index (κ1) is 16.0. The molecule has 3 aromatic rings. The molecule has 0 aliphatic heterocycles. The van der Waals surface area contributed by atoms with E-state index in [1.165, 1.54) is 11.5 Å². The number of aryl methyl sites for hydroxylation is 1. The third-order valence-electron chi connectivity index (χ3n) is 3.19. The van der Waals surface area contributed by atoms with Crippen LogP contribution in [0.4, 0.5) is 5.13 Å². The number of rotatable bonds is 6. The van der Waals surface area contributed by atoms with Gasteiger partial charge in [-0.1, -0.05) is 12.2 Å². The van der Waals surface area contributed by atoms with Gasteiger partial charge < -0.3 is 10.6 Å². The fraction of sp³-hybridized carbons (Fsp3) is 0.188. The number of carbonyl (C=O) groups excluding carboxylic acids is 1. The molecule has 0 spiro atoms. The lowest BCUT2D eigenvalue weighted by Crippen LogP contribution is -2.23. The van der Waals surface area contributed by atoms with Gasteiger partial charge >= 0.3 is 0 Å². The predicted octanol–water partition coefficient (Wildman–Crippen LogP) is 2.19. The molecule has 24 heavy (non-hydrogen) atoms. The molecule has 0 atom stereocenters. The van der Waals surface area contributed by atoms with E-state index < -0.39 is 0 Å². The first-order valence-corrected chi connectivity index (χ1v) is 8.17. The Morgan fingerprint density at radius 1 is 1.29 bits per heavy atom. The number of hydrogen-bond acceptors (Lipinski definition) is 7. The zero-order valence-electron chi connectivity index (χ0n) is 13.1. The van der Waals surface area contributed by atoms with Crippen molar-refractivity contribution in [1.29, 1.82) is 0 Å². The molecule has 8 heteroatoms. The van der Waals surface area contributed by atoms with Crippen molar-refractivity contribution < 1.29 is 4.79 Å². The molecule has 2 N–H and O–H groups in total. The molecule has 0 fully saturated rings. The van der Waals surface area contributed by atoms with Gasteiger partial charge in [-0.2, -0.15) is 4.37 Å². The summed E-state index contributed by atoms with van der Waals surface area (Å²) in [5, 5.41) is 7.65. The Morgan fingerprint density at radius 2 is 2.17 bits per heavy atom. The normalized spacial score (nSPS) is 11.0. The van der Waals surface area contributed by atoms with E-state index >= 15 is 0 Å². The van der Waals surface area contributed by atoms with Gasteiger partial charge in [-0.3, -0.25) is 14.8 Å². The largest absolute Gasteiger partial charge is 0.357 e. The molecule has 0 saturated heterocycles. The maximum absolute atomic E-state index is 12.1. The van der Waals surface area contributed by atoms with Crippen molar-refractivity contribution in [3.8, 4) is 0 Å². The molecule has 1 amide bonds. The monoisotopic (exact) mass is 340 g/mol. The molecule has 0 aliphatic rings. The molecule has 0 aromatic carbocycles. The van der Waals surface area contributed by atoms with Crippen LogP contribution in [0.5, 0.6) is 0 Å². The molecular weight excluding hydrogens is 324 g/mol. The molecule has 3 heterocycles. The zero-order valence-corrected chi connectivity index (χ0v) is 13.9. The number of aromatic nitrogens is 4. The fourth-order valence-electron chi connectivity index (χ4n) is 2.03. The van der Waals surface area contributed by atoms with Gasteiger partial charge in [0.1, 0.15) is 5.82 Å². The van der Waals surface area contributed by atoms with Gasteiger partial charge in [-0.15, -0.1) is 0 Å². The third kappa shape index (κ3) is 4.11. The van der Waals surface area contributed by atoms with Crippen LogP contribution in [-0.2, 0) is 0 Å². The topological polar surface area (TPSA) is 92.7 Å². The standard InChI is InChI=1S/C16H16N6OS/c1-11-21-16(24-22-11)19-6-3-2-5-18-15(23)13-8-12-4-7-17-10-14(12)20-9-13/h2-4,7-10H,5-6H2,1H3,(H,18,23)(H,19,21,22)/b3-2+. The van der Waals surface area contributed by atoms with E-state index in [1.807, 2.05) is 31.2 Å². The number of fused-ring (bicyclic) bond motifs is 1. The van der Waals surface area contributed by atoms with Crippen LogP contribution in [0.25, 0.3) is 10.9 Å². The average Bonchev–Trinajstić information content (AvgIpc) is 3.02. The minimum atomic E-state index is -0.154. The first-order valence-electron chi connectivity index (χ1n) is 7.39. The predicted molar refractivity (Wildman–Crippen MR) is 94.1 cm³/mol. The lowest BCUT2D eigenvalue weighted by molar-refractivity contribution is 0.0958. The van der Waals surface area contributed by atoms with Crippen molar-refractivity contribution in [3.63, 3.8) is 0 Å². The number of pyridine rings is 2. The smallest absolute Gasteiger partial charge is 0.253 e. The van der Waals surface area contributed by atoms with Gasteiger partial charge in [0.05, 0.1) is 17.3 Å². The molecule has 0 bridgehead atoms. The second-order valence-electron chi connectivity index (χ2n) is 5.00. The van der Waals surface area contributed by atoms with Crippen molar-refractivity contribution in [2.75, 3.05) is 18.4 Å². The third-order valence-corrected chi connectivity index (χ3v) is 3.96. The highest BCUT2D eigenvalue weighted by Gasteiger charge is 2.05.